The van der Waals surface area contributed by atoms with Crippen molar-refractivity contribution in [3.63, 3.8) is 0 Å². The van der Waals surface area contributed by atoms with Gasteiger partial charge in [-0.1, -0.05) is 77.8 Å². The molecule has 0 spiro atoms. The Bertz CT molecular complexity index is 986. The Balaban J connectivity index is 1.76. The number of benzene rings is 3. The molecular weight excluding hydrogens is 395 g/mol. The number of hydrogen-bond donors (Lipinski definition) is 1. The molecule has 142 valence electrons. The van der Waals surface area contributed by atoms with Crippen molar-refractivity contribution in [1.29, 1.82) is 0 Å². The van der Waals surface area contributed by atoms with Gasteiger partial charge >= 0.3 is 0 Å². The SMILES string of the molecule is CN(CC(=O)Nc1c(Cl)cccc1Cl)C(=O)c1ccccc1-c1ccccc1. The minimum atomic E-state index is -0.386. The number of para-hydroxylation sites is 1. The molecule has 0 atom stereocenters. The van der Waals surface area contributed by atoms with Crippen molar-refractivity contribution in [3.05, 3.63) is 88.4 Å². The van der Waals surface area contributed by atoms with Crippen molar-refractivity contribution in [1.82, 2.24) is 4.90 Å². The van der Waals surface area contributed by atoms with Crippen LogP contribution in [0.25, 0.3) is 11.1 Å². The number of anilines is 1. The Kier molecular flexibility index (Phi) is 6.34. The summed E-state index contributed by atoms with van der Waals surface area (Å²) in [5.41, 5.74) is 2.61. The molecule has 0 fully saturated rings. The zero-order valence-electron chi connectivity index (χ0n) is 15.2. The third-order valence-electron chi connectivity index (χ3n) is 4.20. The minimum absolute atomic E-state index is 0.135. The van der Waals surface area contributed by atoms with E-state index in [1.165, 1.54) is 4.90 Å². The van der Waals surface area contributed by atoms with E-state index in [0.717, 1.165) is 11.1 Å². The van der Waals surface area contributed by atoms with Gasteiger partial charge < -0.3 is 10.2 Å². The largest absolute Gasteiger partial charge is 0.332 e. The number of carbonyl (C=O) groups excluding carboxylic acids is 2. The lowest BCUT2D eigenvalue weighted by molar-refractivity contribution is -0.116. The van der Waals surface area contributed by atoms with Crippen LogP contribution in [0.2, 0.25) is 10.0 Å². The number of hydrogen-bond acceptors (Lipinski definition) is 2. The predicted molar refractivity (Wildman–Crippen MR) is 114 cm³/mol. The van der Waals surface area contributed by atoms with Crippen LogP contribution in [0.4, 0.5) is 5.69 Å². The maximum absolute atomic E-state index is 13.0. The number of amides is 2. The lowest BCUT2D eigenvalue weighted by Gasteiger charge is -2.19. The average molecular weight is 413 g/mol. The molecule has 0 aliphatic rings. The Labute approximate surface area is 173 Å². The zero-order chi connectivity index (χ0) is 20.1. The number of nitrogens with zero attached hydrogens (tertiary/aromatic N) is 1. The lowest BCUT2D eigenvalue weighted by atomic mass is 9.99. The zero-order valence-corrected chi connectivity index (χ0v) is 16.7. The van der Waals surface area contributed by atoms with Crippen LogP contribution in [0.5, 0.6) is 0 Å². The van der Waals surface area contributed by atoms with Gasteiger partial charge in [0.2, 0.25) is 5.91 Å². The molecule has 0 radical (unpaired) electrons. The van der Waals surface area contributed by atoms with Gasteiger partial charge in [0.25, 0.3) is 5.91 Å². The highest BCUT2D eigenvalue weighted by Gasteiger charge is 2.19. The van der Waals surface area contributed by atoms with Crippen molar-refractivity contribution in [2.75, 3.05) is 18.9 Å². The molecule has 6 heteroatoms. The number of likely N-dealkylation sites (N-methyl/N-ethyl adjacent to an activating group) is 1. The summed E-state index contributed by atoms with van der Waals surface area (Å²) in [4.78, 5) is 26.7. The fourth-order valence-electron chi connectivity index (χ4n) is 2.83. The lowest BCUT2D eigenvalue weighted by Crippen LogP contribution is -2.35. The van der Waals surface area contributed by atoms with Gasteiger partial charge in [-0.05, 0) is 29.3 Å². The summed E-state index contributed by atoms with van der Waals surface area (Å²) in [5, 5.41) is 3.34. The molecule has 0 saturated carbocycles. The van der Waals surface area contributed by atoms with E-state index in [1.54, 1.807) is 37.4 Å². The molecule has 3 aromatic rings. The van der Waals surface area contributed by atoms with Crippen LogP contribution in [0.3, 0.4) is 0 Å². The second-order valence-electron chi connectivity index (χ2n) is 6.22. The topological polar surface area (TPSA) is 49.4 Å². The number of nitrogens with one attached hydrogen (secondary N) is 1. The van der Waals surface area contributed by atoms with Crippen molar-refractivity contribution < 1.29 is 9.59 Å². The summed E-state index contributed by atoms with van der Waals surface area (Å²) in [6, 6.07) is 21.9. The van der Waals surface area contributed by atoms with Crippen LogP contribution in [0, 0.1) is 0 Å². The van der Waals surface area contributed by atoms with E-state index in [9.17, 15) is 9.59 Å². The van der Waals surface area contributed by atoms with Crippen LogP contribution in [-0.2, 0) is 4.79 Å². The van der Waals surface area contributed by atoms with E-state index in [2.05, 4.69) is 5.32 Å². The Morgan fingerprint density at radius 3 is 2.14 bits per heavy atom. The van der Waals surface area contributed by atoms with E-state index >= 15 is 0 Å². The minimum Gasteiger partial charge on any atom is -0.332 e. The molecule has 0 heterocycles. The first-order chi connectivity index (χ1) is 13.5. The highest BCUT2D eigenvalue weighted by Crippen LogP contribution is 2.30. The first-order valence-electron chi connectivity index (χ1n) is 8.61. The molecule has 0 unspecified atom stereocenters. The van der Waals surface area contributed by atoms with E-state index in [1.807, 2.05) is 42.5 Å². The second-order valence-corrected chi connectivity index (χ2v) is 7.03. The normalized spacial score (nSPS) is 10.4. The third kappa shape index (κ3) is 4.53. The summed E-state index contributed by atoms with van der Waals surface area (Å²) in [6.07, 6.45) is 0. The molecule has 0 aliphatic carbocycles. The van der Waals surface area contributed by atoms with Gasteiger partial charge in [-0.3, -0.25) is 9.59 Å². The van der Waals surface area contributed by atoms with Gasteiger partial charge in [-0.15, -0.1) is 0 Å². The van der Waals surface area contributed by atoms with Crippen LogP contribution in [-0.4, -0.2) is 30.3 Å². The molecule has 1 N–H and O–H groups in total. The number of halogens is 2. The molecule has 28 heavy (non-hydrogen) atoms. The van der Waals surface area contributed by atoms with E-state index in [-0.39, 0.29) is 18.4 Å². The summed E-state index contributed by atoms with van der Waals surface area (Å²) in [7, 11) is 1.58. The second kappa shape index (κ2) is 8.91. The molecule has 0 aliphatic heterocycles. The first-order valence-corrected chi connectivity index (χ1v) is 9.36. The Hall–Kier alpha value is -2.82. The molecule has 0 aromatic heterocycles. The average Bonchev–Trinajstić information content (AvgIpc) is 2.71. The highest BCUT2D eigenvalue weighted by atomic mass is 35.5. The number of carbonyl (C=O) groups is 2. The van der Waals surface area contributed by atoms with Crippen molar-refractivity contribution in [2.45, 2.75) is 0 Å². The van der Waals surface area contributed by atoms with Gasteiger partial charge in [0, 0.05) is 12.6 Å². The van der Waals surface area contributed by atoms with Crippen LogP contribution < -0.4 is 5.32 Å². The monoisotopic (exact) mass is 412 g/mol. The van der Waals surface area contributed by atoms with E-state index in [0.29, 0.717) is 21.3 Å². The van der Waals surface area contributed by atoms with Crippen LogP contribution >= 0.6 is 23.2 Å². The smallest absolute Gasteiger partial charge is 0.254 e. The first kappa shape index (κ1) is 19.9. The van der Waals surface area contributed by atoms with Gasteiger partial charge in [0.1, 0.15) is 0 Å². The molecule has 3 aromatic carbocycles. The highest BCUT2D eigenvalue weighted by molar-refractivity contribution is 6.39. The summed E-state index contributed by atoms with van der Waals surface area (Å²) in [5.74, 6) is -0.636. The third-order valence-corrected chi connectivity index (χ3v) is 4.83. The molecular formula is C22H18Cl2N2O2. The predicted octanol–water partition coefficient (Wildman–Crippen LogP) is 5.37. The van der Waals surface area contributed by atoms with Crippen LogP contribution in [0.1, 0.15) is 10.4 Å². The van der Waals surface area contributed by atoms with Gasteiger partial charge in [-0.2, -0.15) is 0 Å². The van der Waals surface area contributed by atoms with Crippen molar-refractivity contribution >= 4 is 40.7 Å². The van der Waals surface area contributed by atoms with E-state index < -0.39 is 0 Å². The molecule has 0 bridgehead atoms. The maximum Gasteiger partial charge on any atom is 0.254 e. The molecule has 3 rings (SSSR count). The molecule has 4 nitrogen and oxygen atoms in total. The Morgan fingerprint density at radius 1 is 0.857 bits per heavy atom. The summed E-state index contributed by atoms with van der Waals surface area (Å²) < 4.78 is 0. The van der Waals surface area contributed by atoms with Gasteiger partial charge in [-0.25, -0.2) is 0 Å². The molecule has 0 saturated heterocycles. The molecule has 2 amide bonds. The fourth-order valence-corrected chi connectivity index (χ4v) is 3.32. The summed E-state index contributed by atoms with van der Waals surface area (Å²) in [6.45, 7) is -0.135. The van der Waals surface area contributed by atoms with Crippen molar-refractivity contribution in [2.24, 2.45) is 0 Å². The van der Waals surface area contributed by atoms with Crippen molar-refractivity contribution in [3.8, 4) is 11.1 Å². The fraction of sp³-hybridized carbons (Fsp3) is 0.0909. The quantitative estimate of drug-likeness (QED) is 0.611. The van der Waals surface area contributed by atoms with E-state index in [4.69, 9.17) is 23.2 Å². The van der Waals surface area contributed by atoms with Gasteiger partial charge in [0.15, 0.2) is 0 Å². The standard InChI is InChI=1S/C22H18Cl2N2O2/c1-26(14-20(27)25-21-18(23)12-7-13-19(21)24)22(28)17-11-6-5-10-16(17)15-8-3-2-4-9-15/h2-13H,14H2,1H3,(H,25,27). The Morgan fingerprint density at radius 2 is 1.46 bits per heavy atom. The summed E-state index contributed by atoms with van der Waals surface area (Å²) >= 11 is 12.2. The maximum atomic E-state index is 13.0. The van der Waals surface area contributed by atoms with Gasteiger partial charge in [0.05, 0.1) is 22.3 Å². The van der Waals surface area contributed by atoms with Crippen LogP contribution in [0.15, 0.2) is 72.8 Å². The number of rotatable bonds is 5.